The van der Waals surface area contributed by atoms with E-state index in [9.17, 15) is 0 Å². The Bertz CT molecular complexity index is 472. The van der Waals surface area contributed by atoms with Crippen molar-refractivity contribution >= 4 is 11.6 Å². The molecule has 0 radical (unpaired) electrons. The van der Waals surface area contributed by atoms with E-state index in [1.807, 2.05) is 12.1 Å². The third-order valence-corrected chi connectivity index (χ3v) is 5.68. The van der Waals surface area contributed by atoms with Gasteiger partial charge in [-0.2, -0.15) is 0 Å². The summed E-state index contributed by atoms with van der Waals surface area (Å²) < 4.78 is 0. The van der Waals surface area contributed by atoms with Crippen molar-refractivity contribution in [3.05, 3.63) is 34.9 Å². The van der Waals surface area contributed by atoms with E-state index in [2.05, 4.69) is 36.2 Å². The molecule has 2 nitrogen and oxygen atoms in total. The van der Waals surface area contributed by atoms with Crippen molar-refractivity contribution in [1.29, 1.82) is 0 Å². The molecule has 0 amide bonds. The Morgan fingerprint density at radius 3 is 2.76 bits per heavy atom. The molecule has 3 atom stereocenters. The highest BCUT2D eigenvalue weighted by atomic mass is 35.5. The Morgan fingerprint density at radius 2 is 2.10 bits per heavy atom. The van der Waals surface area contributed by atoms with E-state index in [0.29, 0.717) is 12.1 Å². The van der Waals surface area contributed by atoms with Crippen LogP contribution in [0, 0.1) is 11.8 Å². The SMILES string of the molecule is CCC(C)C1CNC(C2CC2)CN1Cc1ccccc1Cl. The smallest absolute Gasteiger partial charge is 0.0451 e. The Kier molecular flexibility index (Phi) is 4.88. The van der Waals surface area contributed by atoms with Crippen LogP contribution in [-0.4, -0.2) is 30.1 Å². The first-order valence-corrected chi connectivity index (χ1v) is 8.77. The summed E-state index contributed by atoms with van der Waals surface area (Å²) in [5, 5.41) is 4.71. The van der Waals surface area contributed by atoms with Crippen LogP contribution in [0.15, 0.2) is 24.3 Å². The van der Waals surface area contributed by atoms with E-state index in [1.165, 1.54) is 31.4 Å². The van der Waals surface area contributed by atoms with Gasteiger partial charge in [0.25, 0.3) is 0 Å². The number of rotatable bonds is 5. The largest absolute Gasteiger partial charge is 0.311 e. The van der Waals surface area contributed by atoms with Gasteiger partial charge in [0.15, 0.2) is 0 Å². The molecular formula is C18H27ClN2. The summed E-state index contributed by atoms with van der Waals surface area (Å²) in [6.45, 7) is 7.96. The van der Waals surface area contributed by atoms with Crippen molar-refractivity contribution in [1.82, 2.24) is 10.2 Å². The van der Waals surface area contributed by atoms with E-state index in [1.54, 1.807) is 0 Å². The minimum atomic E-state index is 0.626. The molecule has 2 fully saturated rings. The minimum absolute atomic E-state index is 0.626. The van der Waals surface area contributed by atoms with Gasteiger partial charge >= 0.3 is 0 Å². The molecule has 2 aliphatic rings. The normalized spacial score (nSPS) is 28.5. The van der Waals surface area contributed by atoms with Crippen LogP contribution in [0.2, 0.25) is 5.02 Å². The Hall–Kier alpha value is -0.570. The lowest BCUT2D eigenvalue weighted by atomic mass is 9.93. The molecule has 3 heteroatoms. The second-order valence-electron chi connectivity index (χ2n) is 6.83. The zero-order valence-electron chi connectivity index (χ0n) is 13.2. The fourth-order valence-electron chi connectivity index (χ4n) is 3.53. The number of piperazine rings is 1. The first kappa shape index (κ1) is 15.3. The molecule has 1 saturated carbocycles. The maximum Gasteiger partial charge on any atom is 0.0451 e. The third-order valence-electron chi connectivity index (χ3n) is 5.31. The number of benzene rings is 1. The van der Waals surface area contributed by atoms with Crippen molar-refractivity contribution in [2.24, 2.45) is 11.8 Å². The van der Waals surface area contributed by atoms with Crippen LogP contribution in [0.25, 0.3) is 0 Å². The second kappa shape index (κ2) is 6.68. The lowest BCUT2D eigenvalue weighted by Crippen LogP contribution is -2.58. The van der Waals surface area contributed by atoms with Gasteiger partial charge in [-0.15, -0.1) is 0 Å². The summed E-state index contributed by atoms with van der Waals surface area (Å²) in [6.07, 6.45) is 4.05. The lowest BCUT2D eigenvalue weighted by molar-refractivity contribution is 0.0787. The highest BCUT2D eigenvalue weighted by Gasteiger charge is 2.38. The first-order valence-electron chi connectivity index (χ1n) is 8.40. The van der Waals surface area contributed by atoms with Crippen LogP contribution in [0.4, 0.5) is 0 Å². The molecule has 3 unspecified atom stereocenters. The van der Waals surface area contributed by atoms with Crippen molar-refractivity contribution in [3.63, 3.8) is 0 Å². The van der Waals surface area contributed by atoms with Crippen molar-refractivity contribution in [2.75, 3.05) is 13.1 Å². The van der Waals surface area contributed by atoms with E-state index >= 15 is 0 Å². The van der Waals surface area contributed by atoms with Gasteiger partial charge in [0.1, 0.15) is 0 Å². The van der Waals surface area contributed by atoms with E-state index < -0.39 is 0 Å². The number of nitrogens with one attached hydrogen (secondary N) is 1. The predicted molar refractivity (Wildman–Crippen MR) is 89.6 cm³/mol. The summed E-state index contributed by atoms with van der Waals surface area (Å²) in [5.41, 5.74) is 1.27. The van der Waals surface area contributed by atoms with Gasteiger partial charge in [-0.05, 0) is 36.3 Å². The average Bonchev–Trinajstić information content (AvgIpc) is 3.33. The molecule has 1 saturated heterocycles. The highest BCUT2D eigenvalue weighted by Crippen LogP contribution is 2.35. The molecule has 0 spiro atoms. The van der Waals surface area contributed by atoms with Gasteiger partial charge in [0.05, 0.1) is 0 Å². The van der Waals surface area contributed by atoms with Gasteiger partial charge in [-0.3, -0.25) is 4.90 Å². The monoisotopic (exact) mass is 306 g/mol. The number of hydrogen-bond donors (Lipinski definition) is 1. The van der Waals surface area contributed by atoms with Crippen molar-refractivity contribution in [2.45, 2.75) is 51.7 Å². The quantitative estimate of drug-likeness (QED) is 0.886. The van der Waals surface area contributed by atoms with E-state index in [0.717, 1.165) is 29.9 Å². The summed E-state index contributed by atoms with van der Waals surface area (Å²) in [5.74, 6) is 1.64. The number of halogens is 1. The maximum atomic E-state index is 6.37. The predicted octanol–water partition coefficient (Wildman–Crippen LogP) is 3.94. The Balaban J connectivity index is 1.74. The molecule has 0 bridgehead atoms. The molecule has 21 heavy (non-hydrogen) atoms. The molecule has 116 valence electrons. The highest BCUT2D eigenvalue weighted by molar-refractivity contribution is 6.31. The van der Waals surface area contributed by atoms with Crippen LogP contribution < -0.4 is 5.32 Å². The number of nitrogens with zero attached hydrogens (tertiary/aromatic N) is 1. The van der Waals surface area contributed by atoms with Gasteiger partial charge in [-0.25, -0.2) is 0 Å². The lowest BCUT2D eigenvalue weighted by Gasteiger charge is -2.43. The molecular weight excluding hydrogens is 280 g/mol. The molecule has 1 N–H and O–H groups in total. The average molecular weight is 307 g/mol. The zero-order valence-corrected chi connectivity index (χ0v) is 13.9. The minimum Gasteiger partial charge on any atom is -0.311 e. The molecule has 3 rings (SSSR count). The summed E-state index contributed by atoms with van der Waals surface area (Å²) in [4.78, 5) is 2.68. The second-order valence-corrected chi connectivity index (χ2v) is 7.23. The molecule has 1 aliphatic carbocycles. The Morgan fingerprint density at radius 1 is 1.33 bits per heavy atom. The molecule has 1 aromatic rings. The molecule has 0 aromatic heterocycles. The fourth-order valence-corrected chi connectivity index (χ4v) is 3.72. The molecule has 1 aliphatic heterocycles. The van der Waals surface area contributed by atoms with Crippen LogP contribution in [0.3, 0.4) is 0 Å². The van der Waals surface area contributed by atoms with Crippen molar-refractivity contribution in [3.8, 4) is 0 Å². The van der Waals surface area contributed by atoms with Crippen molar-refractivity contribution < 1.29 is 0 Å². The van der Waals surface area contributed by atoms with Gasteiger partial charge in [0.2, 0.25) is 0 Å². The van der Waals surface area contributed by atoms with E-state index in [-0.39, 0.29) is 0 Å². The van der Waals surface area contributed by atoms with Crippen LogP contribution in [0.1, 0.15) is 38.7 Å². The fraction of sp³-hybridized carbons (Fsp3) is 0.667. The van der Waals surface area contributed by atoms with Gasteiger partial charge < -0.3 is 5.32 Å². The molecule has 1 aromatic carbocycles. The van der Waals surface area contributed by atoms with Crippen LogP contribution in [-0.2, 0) is 6.54 Å². The number of hydrogen-bond acceptors (Lipinski definition) is 2. The maximum absolute atomic E-state index is 6.37. The Labute approximate surface area is 133 Å². The van der Waals surface area contributed by atoms with Gasteiger partial charge in [-0.1, -0.05) is 50.1 Å². The summed E-state index contributed by atoms with van der Waals surface area (Å²) in [7, 11) is 0. The zero-order chi connectivity index (χ0) is 14.8. The first-order chi connectivity index (χ1) is 10.2. The van der Waals surface area contributed by atoms with Crippen LogP contribution >= 0.6 is 11.6 Å². The standard InChI is InChI=1S/C18H27ClN2/c1-3-13(2)18-10-20-17(14-8-9-14)12-21(18)11-15-6-4-5-7-16(15)19/h4-7,13-14,17-18,20H,3,8-12H2,1-2H3. The summed E-state index contributed by atoms with van der Waals surface area (Å²) >= 11 is 6.37. The molecule has 1 heterocycles. The van der Waals surface area contributed by atoms with Crippen LogP contribution in [0.5, 0.6) is 0 Å². The van der Waals surface area contributed by atoms with Gasteiger partial charge in [0, 0.05) is 36.7 Å². The third kappa shape index (κ3) is 3.61. The topological polar surface area (TPSA) is 15.3 Å². The van der Waals surface area contributed by atoms with E-state index in [4.69, 9.17) is 11.6 Å². The summed E-state index contributed by atoms with van der Waals surface area (Å²) in [6, 6.07) is 9.61.